The first-order valence-electron chi connectivity index (χ1n) is 4.73. The summed E-state index contributed by atoms with van der Waals surface area (Å²) in [5, 5.41) is 1.40. The van der Waals surface area contributed by atoms with Crippen molar-refractivity contribution in [3.63, 3.8) is 0 Å². The third-order valence-electron chi connectivity index (χ3n) is 2.02. The molecule has 3 heteroatoms. The minimum Gasteiger partial charge on any atom is -0.272 e. The van der Waals surface area contributed by atoms with Crippen LogP contribution >= 0.6 is 8.22 Å². The third-order valence-corrected chi connectivity index (χ3v) is 4.30. The second-order valence-corrected chi connectivity index (χ2v) is 6.51. The molecule has 0 heterocycles. The largest absolute Gasteiger partial charge is 0.272 e. The lowest BCUT2D eigenvalue weighted by molar-refractivity contribution is 0.584. The van der Waals surface area contributed by atoms with Gasteiger partial charge in [-0.15, -0.1) is 0 Å². The van der Waals surface area contributed by atoms with Crippen LogP contribution < -0.4 is 5.30 Å². The summed E-state index contributed by atoms with van der Waals surface area (Å²) in [6.45, 7) is 2.12. The van der Waals surface area contributed by atoms with E-state index in [1.54, 1.807) is 0 Å². The average molecular weight is 210 g/mol. The molecule has 0 aliphatic rings. The van der Waals surface area contributed by atoms with E-state index in [9.17, 15) is 0 Å². The molecule has 0 atom stereocenters. The van der Waals surface area contributed by atoms with Gasteiger partial charge in [-0.05, 0) is 35.1 Å². The van der Waals surface area contributed by atoms with E-state index in [1.165, 1.54) is 10.9 Å². The van der Waals surface area contributed by atoms with Gasteiger partial charge < -0.3 is 0 Å². The first kappa shape index (κ1) is 11.6. The van der Waals surface area contributed by atoms with E-state index in [4.69, 9.17) is 0 Å². The van der Waals surface area contributed by atoms with Crippen LogP contribution in [-0.4, -0.2) is 37.5 Å². The Hall–Kier alpha value is -0.430. The molecule has 1 rings (SSSR count). The van der Waals surface area contributed by atoms with Crippen molar-refractivity contribution >= 4 is 13.5 Å². The SMILES string of the molecule is Cc1ccc(P(N(C)C)N(C)C)cc1. The summed E-state index contributed by atoms with van der Waals surface area (Å²) >= 11 is 0. The van der Waals surface area contributed by atoms with Crippen LogP contribution in [0, 0.1) is 6.92 Å². The van der Waals surface area contributed by atoms with Gasteiger partial charge in [-0.25, -0.2) is 0 Å². The molecule has 0 unspecified atom stereocenters. The molecule has 78 valence electrons. The number of hydrogen-bond donors (Lipinski definition) is 0. The molecule has 0 radical (unpaired) electrons. The third kappa shape index (κ3) is 2.78. The number of rotatable bonds is 3. The molecule has 0 aliphatic carbocycles. The zero-order valence-electron chi connectivity index (χ0n) is 9.65. The summed E-state index contributed by atoms with van der Waals surface area (Å²) in [4.78, 5) is 0. The van der Waals surface area contributed by atoms with E-state index < -0.39 is 0 Å². The van der Waals surface area contributed by atoms with E-state index >= 15 is 0 Å². The normalized spacial score (nSPS) is 11.7. The van der Waals surface area contributed by atoms with Crippen LogP contribution in [0.2, 0.25) is 0 Å². The number of hydrogen-bond acceptors (Lipinski definition) is 2. The highest BCUT2D eigenvalue weighted by Crippen LogP contribution is 2.38. The predicted octanol–water partition coefficient (Wildman–Crippen LogP) is 2.06. The van der Waals surface area contributed by atoms with Crippen molar-refractivity contribution in [3.05, 3.63) is 29.8 Å². The molecule has 0 saturated carbocycles. The number of nitrogens with zero attached hydrogens (tertiary/aromatic N) is 2. The highest BCUT2D eigenvalue weighted by Gasteiger charge is 2.15. The molecule has 14 heavy (non-hydrogen) atoms. The zero-order valence-corrected chi connectivity index (χ0v) is 10.5. The van der Waals surface area contributed by atoms with Gasteiger partial charge in [0.2, 0.25) is 0 Å². The second kappa shape index (κ2) is 4.88. The van der Waals surface area contributed by atoms with Gasteiger partial charge in [0.15, 0.2) is 0 Å². The van der Waals surface area contributed by atoms with Gasteiger partial charge >= 0.3 is 0 Å². The van der Waals surface area contributed by atoms with E-state index in [0.717, 1.165) is 0 Å². The van der Waals surface area contributed by atoms with Crippen molar-refractivity contribution in [3.8, 4) is 0 Å². The Kier molecular flexibility index (Phi) is 4.06. The maximum Gasteiger partial charge on any atom is 0.0713 e. The van der Waals surface area contributed by atoms with Crippen LogP contribution in [0.4, 0.5) is 0 Å². The first-order chi connectivity index (χ1) is 6.52. The van der Waals surface area contributed by atoms with Gasteiger partial charge in [-0.1, -0.05) is 29.8 Å². The molecule has 0 N–H and O–H groups in total. The van der Waals surface area contributed by atoms with Gasteiger partial charge in [-0.2, -0.15) is 0 Å². The van der Waals surface area contributed by atoms with Gasteiger partial charge in [0.25, 0.3) is 0 Å². The molecular formula is C11H19N2P. The Balaban J connectivity index is 2.94. The molecular weight excluding hydrogens is 191 g/mol. The maximum absolute atomic E-state index is 2.28. The van der Waals surface area contributed by atoms with Gasteiger partial charge in [0, 0.05) is 5.30 Å². The monoisotopic (exact) mass is 210 g/mol. The summed E-state index contributed by atoms with van der Waals surface area (Å²) in [6.07, 6.45) is 0. The smallest absolute Gasteiger partial charge is 0.0713 e. The molecule has 0 aromatic heterocycles. The summed E-state index contributed by atoms with van der Waals surface area (Å²) in [5.41, 5.74) is 1.32. The van der Waals surface area contributed by atoms with E-state index in [0.29, 0.717) is 0 Å². The van der Waals surface area contributed by atoms with Crippen molar-refractivity contribution in [2.45, 2.75) is 6.92 Å². The fraction of sp³-hybridized carbons (Fsp3) is 0.455. The fourth-order valence-electron chi connectivity index (χ4n) is 1.50. The first-order valence-corrected chi connectivity index (χ1v) is 5.98. The quantitative estimate of drug-likeness (QED) is 0.704. The lowest BCUT2D eigenvalue weighted by Gasteiger charge is -2.30. The predicted molar refractivity (Wildman–Crippen MR) is 65.1 cm³/mol. The lowest BCUT2D eigenvalue weighted by atomic mass is 10.2. The van der Waals surface area contributed by atoms with Crippen LogP contribution in [0.15, 0.2) is 24.3 Å². The van der Waals surface area contributed by atoms with Crippen LogP contribution in [0.25, 0.3) is 0 Å². The van der Waals surface area contributed by atoms with Crippen molar-refractivity contribution in [1.29, 1.82) is 0 Å². The molecule has 0 saturated heterocycles. The summed E-state index contributed by atoms with van der Waals surface area (Å²) < 4.78 is 4.56. The minimum atomic E-state index is -0.319. The number of aryl methyl sites for hydroxylation is 1. The Morgan fingerprint density at radius 1 is 0.857 bits per heavy atom. The van der Waals surface area contributed by atoms with E-state index in [-0.39, 0.29) is 8.22 Å². The van der Waals surface area contributed by atoms with Gasteiger partial charge in [-0.3, -0.25) is 9.34 Å². The Bertz CT molecular complexity index is 272. The van der Waals surface area contributed by atoms with E-state index in [2.05, 4.69) is 68.7 Å². The maximum atomic E-state index is 2.28. The fourth-order valence-corrected chi connectivity index (χ4v) is 3.55. The van der Waals surface area contributed by atoms with Gasteiger partial charge in [0.1, 0.15) is 0 Å². The second-order valence-electron chi connectivity index (χ2n) is 3.82. The van der Waals surface area contributed by atoms with Crippen molar-refractivity contribution in [2.24, 2.45) is 0 Å². The standard InChI is InChI=1S/C11H19N2P/c1-10-6-8-11(9-7-10)14(12(2)3)13(4)5/h6-9H,1-5H3. The van der Waals surface area contributed by atoms with Crippen LogP contribution in [-0.2, 0) is 0 Å². The molecule has 0 aliphatic heterocycles. The molecule has 1 aromatic carbocycles. The molecule has 0 fully saturated rings. The molecule has 2 nitrogen and oxygen atoms in total. The zero-order chi connectivity index (χ0) is 10.7. The minimum absolute atomic E-state index is 0.319. The molecule has 1 aromatic rings. The highest BCUT2D eigenvalue weighted by molar-refractivity contribution is 7.60. The highest BCUT2D eigenvalue weighted by atomic mass is 31.1. The summed E-state index contributed by atoms with van der Waals surface area (Å²) in [7, 11) is 8.20. The van der Waals surface area contributed by atoms with Crippen molar-refractivity contribution in [2.75, 3.05) is 28.2 Å². The topological polar surface area (TPSA) is 6.48 Å². The Labute approximate surface area is 88.4 Å². The summed E-state index contributed by atoms with van der Waals surface area (Å²) in [5.74, 6) is 0. The van der Waals surface area contributed by atoms with Crippen LogP contribution in [0.1, 0.15) is 5.56 Å². The Morgan fingerprint density at radius 3 is 1.64 bits per heavy atom. The van der Waals surface area contributed by atoms with Crippen molar-refractivity contribution in [1.82, 2.24) is 9.34 Å². The van der Waals surface area contributed by atoms with Crippen LogP contribution in [0.5, 0.6) is 0 Å². The number of benzene rings is 1. The van der Waals surface area contributed by atoms with Crippen LogP contribution in [0.3, 0.4) is 0 Å². The average Bonchev–Trinajstić information content (AvgIpc) is 2.07. The molecule has 0 amide bonds. The Morgan fingerprint density at radius 2 is 1.29 bits per heavy atom. The molecule has 0 spiro atoms. The van der Waals surface area contributed by atoms with E-state index in [1.807, 2.05) is 0 Å². The van der Waals surface area contributed by atoms with Gasteiger partial charge in [0.05, 0.1) is 8.22 Å². The van der Waals surface area contributed by atoms with Crippen molar-refractivity contribution < 1.29 is 0 Å². The summed E-state index contributed by atoms with van der Waals surface area (Å²) in [6, 6.07) is 8.80. The molecule has 0 bridgehead atoms. The lowest BCUT2D eigenvalue weighted by Crippen LogP contribution is -2.24.